The summed E-state index contributed by atoms with van der Waals surface area (Å²) in [6.07, 6.45) is 1.61. The SMILES string of the molecule is COCCCOC1CCC2(C)C(C1)C(=O)C1=C3C24C#CCC2CN2C(=O)C2CC5C(CNCC(C)O)C(OC5C(O)N2)C(O)C(C)(O)C2CC(CC1)C3(O)C2(C)CC4. The highest BCUT2D eigenvalue weighted by Crippen LogP contribution is 2.77. The van der Waals surface area contributed by atoms with E-state index in [1.165, 1.54) is 0 Å². The molecule has 0 aromatic carbocycles. The molecule has 0 aromatic heterocycles. The van der Waals surface area contributed by atoms with E-state index >= 15 is 4.79 Å². The lowest BCUT2D eigenvalue weighted by Gasteiger charge is -2.67. The van der Waals surface area contributed by atoms with Crippen LogP contribution in [0.15, 0.2) is 11.1 Å². The van der Waals surface area contributed by atoms with E-state index in [1.807, 2.05) is 4.90 Å². The maximum Gasteiger partial charge on any atom is 0.240 e. The first-order chi connectivity index (χ1) is 27.5. The third kappa shape index (κ3) is 5.86. The smallest absolute Gasteiger partial charge is 0.240 e. The molecule has 0 aromatic rings. The lowest BCUT2D eigenvalue weighted by Crippen LogP contribution is -2.69. The summed E-state index contributed by atoms with van der Waals surface area (Å²) in [6.45, 7) is 10.1. The Balaban J connectivity index is 1.15. The van der Waals surface area contributed by atoms with E-state index in [1.54, 1.807) is 21.0 Å². The maximum absolute atomic E-state index is 15.1. The number of allylic oxidation sites excluding steroid dienone is 1. The minimum absolute atomic E-state index is 0.0536. The Morgan fingerprint density at radius 2 is 1.83 bits per heavy atom. The summed E-state index contributed by atoms with van der Waals surface area (Å²) >= 11 is 0. The normalized spacial score (nSPS) is 50.8. The number of ether oxygens (including phenoxy) is 3. The van der Waals surface area contributed by atoms with Crippen molar-refractivity contribution in [2.24, 2.45) is 45.8 Å². The number of Topliss-reactive ketones (excluding diaryl/α,β-unsaturated/α-hetero) is 1. The Kier molecular flexibility index (Phi) is 10.4. The average molecular weight is 810 g/mol. The van der Waals surface area contributed by atoms with E-state index in [0.717, 1.165) is 24.8 Å². The second kappa shape index (κ2) is 14.6. The highest BCUT2D eigenvalue weighted by atomic mass is 16.5. The van der Waals surface area contributed by atoms with E-state index < -0.39 is 76.0 Å². The number of hydrogen-bond donors (Lipinski definition) is 7. The minimum atomic E-state index is -1.75. The van der Waals surface area contributed by atoms with Gasteiger partial charge >= 0.3 is 0 Å². The standard InChI is InChI=1S/C45H67N3O10/c1-24(49)21-46-22-30-29-20-32-40(53)48-23-26(48)8-6-12-44-15-14-42(3)33(43(4,54)38(51)35(30)58-36(29)39(52)47-32)18-25-9-10-28(37(44)45(25,42)55)34(50)31-19-27(11-13-41(31,44)2)57-17-7-16-56-5/h24-27,29-33,35-36,38-39,46-47,49,51-52,54-55H,7-11,13-23H2,1-5H3. The van der Waals surface area contributed by atoms with Crippen LogP contribution in [0.25, 0.3) is 0 Å². The van der Waals surface area contributed by atoms with Crippen molar-refractivity contribution in [2.45, 2.75) is 158 Å². The van der Waals surface area contributed by atoms with Gasteiger partial charge in [0.1, 0.15) is 18.4 Å². The van der Waals surface area contributed by atoms with Gasteiger partial charge < -0.3 is 50.0 Å². The number of piperidine rings is 1. The number of carbonyl (C=O) groups is 2. The van der Waals surface area contributed by atoms with E-state index in [0.29, 0.717) is 89.8 Å². The van der Waals surface area contributed by atoms with Crippen LogP contribution in [0.2, 0.25) is 0 Å². The van der Waals surface area contributed by atoms with Crippen LogP contribution in [0.3, 0.4) is 0 Å². The molecule has 3 saturated heterocycles. The van der Waals surface area contributed by atoms with Gasteiger partial charge in [-0.1, -0.05) is 19.8 Å². The summed E-state index contributed by atoms with van der Waals surface area (Å²) in [5, 5.41) is 67.3. The summed E-state index contributed by atoms with van der Waals surface area (Å²) in [7, 11) is 1.68. The van der Waals surface area contributed by atoms with Crippen LogP contribution in [-0.4, -0.2) is 142 Å². The molecular weight excluding hydrogens is 743 g/mol. The second-order valence-electron chi connectivity index (χ2n) is 20.5. The summed E-state index contributed by atoms with van der Waals surface area (Å²) in [5.41, 5.74) is -3.96. The van der Waals surface area contributed by atoms with Crippen molar-refractivity contribution in [3.8, 4) is 11.8 Å². The van der Waals surface area contributed by atoms with Crippen LogP contribution < -0.4 is 10.6 Å². The molecule has 322 valence electrons. The zero-order valence-corrected chi connectivity index (χ0v) is 35.0. The zero-order chi connectivity index (χ0) is 41.2. The molecule has 7 bridgehead atoms. The third-order valence-electron chi connectivity index (χ3n) is 17.6. The predicted molar refractivity (Wildman–Crippen MR) is 212 cm³/mol. The Bertz CT molecular complexity index is 1760. The average Bonchev–Trinajstić information content (AvgIpc) is 3.79. The van der Waals surface area contributed by atoms with Gasteiger partial charge in [0.25, 0.3) is 0 Å². The van der Waals surface area contributed by atoms with Gasteiger partial charge in [0.15, 0.2) is 5.78 Å². The highest BCUT2D eigenvalue weighted by Gasteiger charge is 2.78. The van der Waals surface area contributed by atoms with Crippen LogP contribution in [0.1, 0.15) is 98.3 Å². The number of fused-ring (bicyclic) bond motifs is 4. The maximum atomic E-state index is 15.1. The van der Waals surface area contributed by atoms with Gasteiger partial charge in [-0.05, 0) is 112 Å². The van der Waals surface area contributed by atoms with Gasteiger partial charge in [0, 0.05) is 63.6 Å². The Hall–Kier alpha value is -1.96. The van der Waals surface area contributed by atoms with Crippen LogP contribution in [-0.2, 0) is 23.8 Å². The quantitative estimate of drug-likeness (QED) is 0.101. The highest BCUT2D eigenvalue weighted by molar-refractivity contribution is 6.01. The lowest BCUT2D eigenvalue weighted by molar-refractivity contribution is -0.208. The number of aliphatic hydroxyl groups excluding tert-OH is 3. The Morgan fingerprint density at radius 3 is 2.59 bits per heavy atom. The topological polar surface area (TPSA) is 190 Å². The number of carbonyl (C=O) groups excluding carboxylic acids is 2. The number of ketones is 1. The first-order valence-electron chi connectivity index (χ1n) is 22.3. The van der Waals surface area contributed by atoms with Crippen LogP contribution >= 0.6 is 0 Å². The number of methoxy groups -OCH3 is 1. The van der Waals surface area contributed by atoms with Crippen molar-refractivity contribution in [1.82, 2.24) is 15.5 Å². The van der Waals surface area contributed by atoms with Crippen molar-refractivity contribution in [2.75, 3.05) is 40.0 Å². The van der Waals surface area contributed by atoms with E-state index in [-0.39, 0.29) is 41.6 Å². The summed E-state index contributed by atoms with van der Waals surface area (Å²) in [5.74, 6) is 5.58. The monoisotopic (exact) mass is 809 g/mol. The fraction of sp³-hybridized carbons (Fsp3) is 0.867. The Morgan fingerprint density at radius 1 is 1.03 bits per heavy atom. The molecule has 10 rings (SSSR count). The van der Waals surface area contributed by atoms with Gasteiger partial charge in [-0.25, -0.2) is 0 Å². The molecular formula is C45H67N3O10. The van der Waals surface area contributed by atoms with E-state index in [9.17, 15) is 30.3 Å². The van der Waals surface area contributed by atoms with Crippen LogP contribution in [0.5, 0.6) is 0 Å². The number of rotatable bonds is 9. The molecule has 6 fully saturated rings. The molecule has 10 aliphatic rings. The van der Waals surface area contributed by atoms with E-state index in [4.69, 9.17) is 14.2 Å². The molecule has 58 heavy (non-hydrogen) atoms. The molecule has 1 amide bonds. The molecule has 5 heterocycles. The predicted octanol–water partition coefficient (Wildman–Crippen LogP) is 1.42. The molecule has 3 saturated carbocycles. The van der Waals surface area contributed by atoms with Gasteiger partial charge in [0.2, 0.25) is 5.91 Å². The molecule has 13 heteroatoms. The molecule has 7 N–H and O–H groups in total. The van der Waals surface area contributed by atoms with Crippen LogP contribution in [0.4, 0.5) is 0 Å². The van der Waals surface area contributed by atoms with E-state index in [2.05, 4.69) is 36.3 Å². The fourth-order valence-electron chi connectivity index (χ4n) is 14.4. The summed E-state index contributed by atoms with van der Waals surface area (Å²) in [4.78, 5) is 31.0. The first kappa shape index (κ1) is 41.4. The molecule has 1 spiro atoms. The molecule has 5 aliphatic carbocycles. The van der Waals surface area contributed by atoms with Crippen molar-refractivity contribution in [3.63, 3.8) is 0 Å². The Labute approximate surface area is 343 Å². The molecule has 18 unspecified atom stereocenters. The van der Waals surface area contributed by atoms with Crippen molar-refractivity contribution < 1.29 is 49.3 Å². The van der Waals surface area contributed by atoms with Crippen molar-refractivity contribution in [3.05, 3.63) is 11.1 Å². The number of nitrogens with one attached hydrogen (secondary N) is 2. The lowest BCUT2D eigenvalue weighted by atomic mass is 9.37. The fourth-order valence-corrected chi connectivity index (χ4v) is 14.4. The molecule has 13 nitrogen and oxygen atoms in total. The first-order valence-corrected chi connectivity index (χ1v) is 22.3. The van der Waals surface area contributed by atoms with Crippen molar-refractivity contribution >= 4 is 11.7 Å². The van der Waals surface area contributed by atoms with Gasteiger partial charge in [-0.15, -0.1) is 5.92 Å². The van der Waals surface area contributed by atoms with Gasteiger partial charge in [-0.2, -0.15) is 0 Å². The minimum Gasteiger partial charge on any atom is -0.392 e. The van der Waals surface area contributed by atoms with Gasteiger partial charge in [-0.3, -0.25) is 14.9 Å². The molecule has 0 radical (unpaired) electrons. The van der Waals surface area contributed by atoms with Crippen LogP contribution in [0, 0.1) is 57.7 Å². The number of amides is 1. The largest absolute Gasteiger partial charge is 0.392 e. The second-order valence-corrected chi connectivity index (χ2v) is 20.5. The number of hydrogen-bond acceptors (Lipinski definition) is 12. The zero-order valence-electron chi connectivity index (χ0n) is 35.0. The van der Waals surface area contributed by atoms with Crippen molar-refractivity contribution in [1.29, 1.82) is 0 Å². The summed E-state index contributed by atoms with van der Waals surface area (Å²) < 4.78 is 18.2. The number of aliphatic hydroxyl groups is 5. The number of nitrogens with zero attached hydrogens (tertiary/aromatic N) is 1. The molecule has 18 atom stereocenters. The summed E-state index contributed by atoms with van der Waals surface area (Å²) in [6, 6.07) is -0.737. The van der Waals surface area contributed by atoms with Gasteiger partial charge in [0.05, 0.1) is 47.0 Å². The molecule has 5 aliphatic heterocycles. The third-order valence-corrected chi connectivity index (χ3v) is 17.6.